The second-order valence-corrected chi connectivity index (χ2v) is 9.69. The summed E-state index contributed by atoms with van der Waals surface area (Å²) in [5.74, 6) is -2.36. The molecule has 9 atom stereocenters. The highest BCUT2D eigenvalue weighted by atomic mass is 16.8. The van der Waals surface area contributed by atoms with Gasteiger partial charge in [0.1, 0.15) is 24.4 Å². The van der Waals surface area contributed by atoms with Gasteiger partial charge in [0.2, 0.25) is 6.29 Å². The lowest BCUT2D eigenvalue weighted by Gasteiger charge is -2.43. The first kappa shape index (κ1) is 25.9. The second kappa shape index (κ2) is 10.5. The van der Waals surface area contributed by atoms with Gasteiger partial charge in [-0.15, -0.1) is 6.58 Å². The maximum Gasteiger partial charge on any atom is 0.334 e. The molecule has 11 nitrogen and oxygen atoms in total. The number of H-pyrrole nitrogens is 1. The lowest BCUT2D eigenvalue weighted by Crippen LogP contribution is -2.60. The lowest BCUT2D eigenvalue weighted by atomic mass is 9.78. The van der Waals surface area contributed by atoms with Crippen molar-refractivity contribution in [1.82, 2.24) is 10.3 Å². The Morgan fingerprint density at radius 3 is 2.68 bits per heavy atom. The van der Waals surface area contributed by atoms with Crippen molar-refractivity contribution in [3.8, 4) is 0 Å². The minimum absolute atomic E-state index is 0.0589. The number of ether oxygens (including phenoxy) is 3. The minimum Gasteiger partial charge on any atom is -0.478 e. The Bertz CT molecular complexity index is 1180. The van der Waals surface area contributed by atoms with Crippen molar-refractivity contribution in [2.24, 2.45) is 11.8 Å². The molecular formula is C26H32N2O9. The molecule has 0 saturated carbocycles. The smallest absolute Gasteiger partial charge is 0.334 e. The summed E-state index contributed by atoms with van der Waals surface area (Å²) in [6, 6.07) is 7.87. The molecule has 1 aromatic heterocycles. The van der Waals surface area contributed by atoms with E-state index >= 15 is 0 Å². The highest BCUT2D eigenvalue weighted by Crippen LogP contribution is 2.41. The largest absolute Gasteiger partial charge is 0.478 e. The number of hydrogen-bond acceptors (Lipinski definition) is 9. The fraction of sp³-hybridized carbons (Fsp3) is 0.500. The summed E-state index contributed by atoms with van der Waals surface area (Å²) in [5, 5.41) is 54.6. The molecular weight excluding hydrogens is 484 g/mol. The first-order chi connectivity index (χ1) is 17.8. The van der Waals surface area contributed by atoms with Gasteiger partial charge in [0.15, 0.2) is 6.29 Å². The number of aromatic nitrogens is 1. The number of aliphatic hydroxyl groups is 4. The SMILES string of the molecule is C=C[C@H]1[C@H](O[C@H]2O[C@@H](CO)[C@H](O)[C@@H](O)[C@@H]2O)OC=C(C(=O)O)[C@@H]1C[C@@H]1NCCc2c1[nH]c1ccccc21. The van der Waals surface area contributed by atoms with E-state index < -0.39 is 61.4 Å². The van der Waals surface area contributed by atoms with Gasteiger partial charge >= 0.3 is 5.97 Å². The average molecular weight is 517 g/mol. The van der Waals surface area contributed by atoms with E-state index in [2.05, 4.69) is 22.9 Å². The van der Waals surface area contributed by atoms with Crippen molar-refractivity contribution in [2.45, 2.75) is 55.9 Å². The number of fused-ring (bicyclic) bond motifs is 3. The topological polar surface area (TPSA) is 174 Å². The third-order valence-electron chi connectivity index (χ3n) is 7.59. The van der Waals surface area contributed by atoms with Gasteiger partial charge in [-0.3, -0.25) is 0 Å². The van der Waals surface area contributed by atoms with Gasteiger partial charge in [0.25, 0.3) is 0 Å². The third kappa shape index (κ3) is 4.68. The summed E-state index contributed by atoms with van der Waals surface area (Å²) in [7, 11) is 0. The summed E-state index contributed by atoms with van der Waals surface area (Å²) in [4.78, 5) is 15.6. The van der Waals surface area contributed by atoms with Gasteiger partial charge in [-0.2, -0.15) is 0 Å². The van der Waals surface area contributed by atoms with Crippen LogP contribution in [0.1, 0.15) is 23.7 Å². The Labute approximate surface area is 213 Å². The van der Waals surface area contributed by atoms with Crippen molar-refractivity contribution >= 4 is 16.9 Å². The number of rotatable bonds is 7. The highest BCUT2D eigenvalue weighted by Gasteiger charge is 2.48. The number of carboxylic acids is 1. The summed E-state index contributed by atoms with van der Waals surface area (Å²) < 4.78 is 16.9. The molecule has 1 fully saturated rings. The van der Waals surface area contributed by atoms with E-state index in [1.807, 2.05) is 18.2 Å². The Balaban J connectivity index is 1.41. The molecule has 0 spiro atoms. The quantitative estimate of drug-likeness (QED) is 0.254. The molecule has 37 heavy (non-hydrogen) atoms. The number of aliphatic carboxylic acids is 1. The van der Waals surface area contributed by atoms with E-state index in [0.29, 0.717) is 6.42 Å². The zero-order valence-electron chi connectivity index (χ0n) is 20.1. The van der Waals surface area contributed by atoms with Crippen LogP contribution in [0.25, 0.3) is 10.9 Å². The van der Waals surface area contributed by atoms with E-state index in [0.717, 1.165) is 35.8 Å². The number of nitrogens with one attached hydrogen (secondary N) is 2. The standard InChI is InChI=1S/C26H32N2O9/c1-2-12-15(9-18-20-14(7-8-27-18)13-5-3-4-6-17(13)28-20)16(24(33)34)11-35-25(12)37-26-23(32)22(31)21(30)19(10-29)36-26/h2-6,11-12,15,18-19,21-23,25-32H,1,7-10H2,(H,33,34)/t12-,15-,18+,19+,21+,22-,23+,25+,26-/m1/s1. The summed E-state index contributed by atoms with van der Waals surface area (Å²) in [6.45, 7) is 4.01. The van der Waals surface area contributed by atoms with E-state index in [1.54, 1.807) is 6.08 Å². The summed E-state index contributed by atoms with van der Waals surface area (Å²) in [5.41, 5.74) is 3.30. The average Bonchev–Trinajstić information content (AvgIpc) is 3.28. The molecule has 2 aromatic rings. The second-order valence-electron chi connectivity index (χ2n) is 9.69. The molecule has 0 amide bonds. The van der Waals surface area contributed by atoms with Gasteiger partial charge in [-0.25, -0.2) is 4.79 Å². The molecule has 0 aliphatic carbocycles. The highest BCUT2D eigenvalue weighted by molar-refractivity contribution is 5.87. The van der Waals surface area contributed by atoms with Crippen LogP contribution < -0.4 is 5.32 Å². The van der Waals surface area contributed by atoms with Gasteiger partial charge in [-0.05, 0) is 31.0 Å². The molecule has 200 valence electrons. The number of aliphatic hydroxyl groups excluding tert-OH is 4. The van der Waals surface area contributed by atoms with Gasteiger partial charge in [-0.1, -0.05) is 24.3 Å². The zero-order chi connectivity index (χ0) is 26.3. The van der Waals surface area contributed by atoms with Crippen LogP contribution in [-0.2, 0) is 25.4 Å². The van der Waals surface area contributed by atoms with Crippen LogP contribution in [0.5, 0.6) is 0 Å². The predicted octanol–water partition coefficient (Wildman–Crippen LogP) is 0.305. The van der Waals surface area contributed by atoms with Gasteiger partial charge < -0.3 is 50.0 Å². The number of para-hydroxylation sites is 1. The number of carboxylic acid groups (broad SMARTS) is 1. The molecule has 11 heteroatoms. The lowest BCUT2D eigenvalue weighted by molar-refractivity contribution is -0.339. The molecule has 1 aromatic carbocycles. The zero-order valence-corrected chi connectivity index (χ0v) is 20.1. The van der Waals surface area contributed by atoms with Crippen LogP contribution >= 0.6 is 0 Å². The minimum atomic E-state index is -1.62. The Morgan fingerprint density at radius 1 is 1.16 bits per heavy atom. The Kier molecular flexibility index (Phi) is 7.37. The molecule has 1 saturated heterocycles. The molecule has 0 bridgehead atoms. The van der Waals surface area contributed by atoms with Gasteiger partial charge in [0.05, 0.1) is 18.4 Å². The molecule has 3 aliphatic heterocycles. The third-order valence-corrected chi connectivity index (χ3v) is 7.59. The molecule has 4 heterocycles. The van der Waals surface area contributed by atoms with Crippen LogP contribution in [0.3, 0.4) is 0 Å². The van der Waals surface area contributed by atoms with Crippen molar-refractivity contribution in [1.29, 1.82) is 0 Å². The first-order valence-corrected chi connectivity index (χ1v) is 12.3. The Morgan fingerprint density at radius 2 is 1.95 bits per heavy atom. The van der Waals surface area contributed by atoms with E-state index in [9.17, 15) is 30.3 Å². The van der Waals surface area contributed by atoms with Crippen LogP contribution in [0, 0.1) is 11.8 Å². The number of benzene rings is 1. The number of carbonyl (C=O) groups is 1. The van der Waals surface area contributed by atoms with Crippen LogP contribution in [0.15, 0.2) is 48.8 Å². The Hall–Kier alpha value is -2.77. The monoisotopic (exact) mass is 516 g/mol. The number of hydrogen-bond donors (Lipinski definition) is 7. The van der Waals surface area contributed by atoms with E-state index in [-0.39, 0.29) is 11.6 Å². The molecule has 0 unspecified atom stereocenters. The van der Waals surface area contributed by atoms with Crippen molar-refractivity contribution in [2.75, 3.05) is 13.2 Å². The normalized spacial score (nSPS) is 35.9. The number of aromatic amines is 1. The molecule has 3 aliphatic rings. The van der Waals surface area contributed by atoms with Crippen molar-refractivity contribution in [3.63, 3.8) is 0 Å². The molecule has 0 radical (unpaired) electrons. The molecule has 7 N–H and O–H groups in total. The van der Waals surface area contributed by atoms with E-state index in [4.69, 9.17) is 14.2 Å². The summed E-state index contributed by atoms with van der Waals surface area (Å²) in [6.07, 6.45) is -4.53. The van der Waals surface area contributed by atoms with Crippen LogP contribution in [0.2, 0.25) is 0 Å². The first-order valence-electron chi connectivity index (χ1n) is 12.3. The van der Waals surface area contributed by atoms with Crippen molar-refractivity contribution < 1.29 is 44.5 Å². The van der Waals surface area contributed by atoms with Crippen LogP contribution in [0.4, 0.5) is 0 Å². The van der Waals surface area contributed by atoms with Crippen molar-refractivity contribution in [3.05, 3.63) is 60.0 Å². The fourth-order valence-corrected chi connectivity index (χ4v) is 5.64. The predicted molar refractivity (Wildman–Crippen MR) is 130 cm³/mol. The summed E-state index contributed by atoms with van der Waals surface area (Å²) >= 11 is 0. The fourth-order valence-electron chi connectivity index (χ4n) is 5.64. The maximum absolute atomic E-state index is 12.2. The van der Waals surface area contributed by atoms with E-state index in [1.165, 1.54) is 5.56 Å². The van der Waals surface area contributed by atoms with Crippen LogP contribution in [-0.4, -0.2) is 86.6 Å². The van der Waals surface area contributed by atoms with Gasteiger partial charge in [0, 0.05) is 34.5 Å². The maximum atomic E-state index is 12.2. The molecule has 5 rings (SSSR count).